The molecule has 0 aromatic rings. The first-order valence-corrected chi connectivity index (χ1v) is 14.1. The van der Waals surface area contributed by atoms with Crippen LogP contribution in [0.5, 0.6) is 0 Å². The van der Waals surface area contributed by atoms with Crippen LogP contribution in [0.3, 0.4) is 0 Å². The summed E-state index contributed by atoms with van der Waals surface area (Å²) in [5.74, 6) is -3.41. The lowest BCUT2D eigenvalue weighted by Gasteiger charge is -2.36. The van der Waals surface area contributed by atoms with E-state index in [1.165, 1.54) is 4.90 Å². The maximum absolute atomic E-state index is 13.9. The van der Waals surface area contributed by atoms with E-state index in [4.69, 9.17) is 10.5 Å². The molecule has 3 rings (SSSR count). The van der Waals surface area contributed by atoms with Gasteiger partial charge in [-0.3, -0.25) is 24.0 Å². The summed E-state index contributed by atoms with van der Waals surface area (Å²) >= 11 is 0. The fourth-order valence-corrected chi connectivity index (χ4v) is 5.92. The quantitative estimate of drug-likeness (QED) is 0.257. The summed E-state index contributed by atoms with van der Waals surface area (Å²) in [5.41, 5.74) is 4.81. The van der Waals surface area contributed by atoms with Crippen LogP contribution in [0.4, 0.5) is 4.79 Å². The maximum Gasteiger partial charge on any atom is 0.408 e. The van der Waals surface area contributed by atoms with Crippen LogP contribution in [-0.4, -0.2) is 70.6 Å². The summed E-state index contributed by atoms with van der Waals surface area (Å²) in [6.45, 7) is 12.9. The second kappa shape index (κ2) is 11.7. The minimum Gasteiger partial charge on any atom is -0.444 e. The highest BCUT2D eigenvalue weighted by Crippen LogP contribution is 2.65. The Morgan fingerprint density at radius 1 is 1.10 bits per heavy atom. The summed E-state index contributed by atoms with van der Waals surface area (Å²) in [4.78, 5) is 78.5. The molecular formula is C29H44N4O7. The summed E-state index contributed by atoms with van der Waals surface area (Å²) in [6, 6.07) is -3.03. The zero-order valence-electron chi connectivity index (χ0n) is 24.7. The molecule has 1 aliphatic heterocycles. The molecule has 0 spiro atoms. The number of nitrogens with two attached hydrogens (primary N) is 1. The SMILES string of the molecule is C/C=C(\C)C(=O)CC[C@H](NC(=O)OC(C)(C)C)C(=O)N1CC2C(C1C(=O)NC(C(=O)C(N)=O)C1CCC1)C2(C)C. The lowest BCUT2D eigenvalue weighted by Crippen LogP contribution is -2.59. The number of likely N-dealkylation sites (tertiary alicyclic amines) is 1. The van der Waals surface area contributed by atoms with Gasteiger partial charge in [-0.05, 0) is 82.6 Å². The van der Waals surface area contributed by atoms with Crippen molar-refractivity contribution in [1.82, 2.24) is 15.5 Å². The Labute approximate surface area is 236 Å². The van der Waals surface area contributed by atoms with E-state index in [1.54, 1.807) is 40.7 Å². The van der Waals surface area contributed by atoms with Crippen LogP contribution >= 0.6 is 0 Å². The molecule has 3 fully saturated rings. The number of rotatable bonds is 11. The van der Waals surface area contributed by atoms with Crippen molar-refractivity contribution < 1.29 is 33.5 Å². The first kappa shape index (κ1) is 31.3. The van der Waals surface area contributed by atoms with E-state index in [1.807, 2.05) is 13.8 Å². The number of fused-ring (bicyclic) bond motifs is 1. The first-order valence-electron chi connectivity index (χ1n) is 14.1. The number of primary amides is 1. The lowest BCUT2D eigenvalue weighted by atomic mass is 9.78. The molecule has 5 atom stereocenters. The number of hydrogen-bond donors (Lipinski definition) is 3. The molecule has 0 radical (unpaired) electrons. The molecule has 11 nitrogen and oxygen atoms in total. The van der Waals surface area contributed by atoms with Gasteiger partial charge in [-0.1, -0.05) is 26.3 Å². The Balaban J connectivity index is 1.85. The standard InChI is InChI=1S/C29H44N4O7/c1-8-15(2)19(34)13-12-18(31-27(39)40-28(3,4)5)26(38)33-14-17-20(29(17,6)7)22(33)25(37)32-21(16-10-9-11-16)23(35)24(30)36/h8,16-18,20-22H,9-14H2,1-7H3,(H2,30,36)(H,31,39)(H,32,37)/b15-8+/t17?,18-,20?,21?,22?/m0/s1. The minimum atomic E-state index is -1.11. The van der Waals surface area contributed by atoms with Gasteiger partial charge in [0.25, 0.3) is 5.91 Å². The number of carbonyl (C=O) groups excluding carboxylic acids is 6. The molecule has 4 amide bonds. The second-order valence-electron chi connectivity index (χ2n) is 12.9. The van der Waals surface area contributed by atoms with Crippen LogP contribution < -0.4 is 16.4 Å². The number of piperidine rings is 1. The summed E-state index contributed by atoms with van der Waals surface area (Å²) in [5, 5.41) is 5.36. The molecular weight excluding hydrogens is 516 g/mol. The van der Waals surface area contributed by atoms with Gasteiger partial charge >= 0.3 is 6.09 Å². The lowest BCUT2D eigenvalue weighted by molar-refractivity contribution is -0.144. The maximum atomic E-state index is 13.9. The number of Topliss-reactive ketones (excluding diaryl/α,β-unsaturated/α-hetero) is 2. The second-order valence-corrected chi connectivity index (χ2v) is 12.9. The molecule has 0 bridgehead atoms. The number of carbonyl (C=O) groups is 6. The summed E-state index contributed by atoms with van der Waals surface area (Å²) < 4.78 is 5.36. The van der Waals surface area contributed by atoms with Crippen molar-refractivity contribution in [3.8, 4) is 0 Å². The van der Waals surface area contributed by atoms with E-state index < -0.39 is 53.3 Å². The fraction of sp³-hybridized carbons (Fsp3) is 0.724. The molecule has 2 aliphatic carbocycles. The number of alkyl carbamates (subject to hydrolysis) is 1. The smallest absolute Gasteiger partial charge is 0.408 e. The number of nitrogens with one attached hydrogen (secondary N) is 2. The van der Waals surface area contributed by atoms with Crippen molar-refractivity contribution in [3.63, 3.8) is 0 Å². The van der Waals surface area contributed by atoms with E-state index in [9.17, 15) is 28.8 Å². The fourth-order valence-electron chi connectivity index (χ4n) is 5.92. The van der Waals surface area contributed by atoms with Gasteiger partial charge in [0.15, 0.2) is 5.78 Å². The molecule has 0 aromatic heterocycles. The zero-order chi connectivity index (χ0) is 30.2. The van der Waals surface area contributed by atoms with E-state index in [0.29, 0.717) is 25.0 Å². The first-order chi connectivity index (χ1) is 18.5. The number of ether oxygens (including phenoxy) is 1. The van der Waals surface area contributed by atoms with E-state index in [2.05, 4.69) is 10.6 Å². The Morgan fingerprint density at radius 3 is 2.23 bits per heavy atom. The monoisotopic (exact) mass is 560 g/mol. The van der Waals surface area contributed by atoms with Crippen molar-refractivity contribution in [2.24, 2.45) is 28.9 Å². The molecule has 4 N–H and O–H groups in total. The van der Waals surface area contributed by atoms with Gasteiger partial charge in [0.2, 0.25) is 17.6 Å². The summed E-state index contributed by atoms with van der Waals surface area (Å²) in [6.07, 6.45) is 3.19. The molecule has 0 aromatic carbocycles. The highest BCUT2D eigenvalue weighted by Gasteiger charge is 2.69. The zero-order valence-corrected chi connectivity index (χ0v) is 24.7. The van der Waals surface area contributed by atoms with Crippen LogP contribution in [0.1, 0.15) is 80.6 Å². The van der Waals surface area contributed by atoms with Crippen LogP contribution in [0.2, 0.25) is 0 Å². The third-order valence-corrected chi connectivity index (χ3v) is 8.73. The Hall–Kier alpha value is -3.24. The third kappa shape index (κ3) is 6.72. The molecule has 2 saturated carbocycles. The van der Waals surface area contributed by atoms with Gasteiger partial charge in [-0.25, -0.2) is 4.79 Å². The highest BCUT2D eigenvalue weighted by atomic mass is 16.6. The van der Waals surface area contributed by atoms with Crippen LogP contribution in [0, 0.1) is 23.2 Å². The molecule has 40 heavy (non-hydrogen) atoms. The molecule has 3 aliphatic rings. The normalized spacial score (nSPS) is 25.1. The predicted octanol–water partition coefficient (Wildman–Crippen LogP) is 2.02. The van der Waals surface area contributed by atoms with E-state index in [-0.39, 0.29) is 41.8 Å². The number of allylic oxidation sites excluding steroid dienone is 2. The van der Waals surface area contributed by atoms with Crippen molar-refractivity contribution in [3.05, 3.63) is 11.6 Å². The largest absolute Gasteiger partial charge is 0.444 e. The van der Waals surface area contributed by atoms with Gasteiger partial charge < -0.3 is 26.0 Å². The minimum absolute atomic E-state index is 0.0162. The van der Waals surface area contributed by atoms with Crippen LogP contribution in [-0.2, 0) is 28.7 Å². The Kier molecular flexibility index (Phi) is 9.16. The molecule has 1 saturated heterocycles. The predicted molar refractivity (Wildman–Crippen MR) is 147 cm³/mol. The number of nitrogens with zero attached hydrogens (tertiary/aromatic N) is 1. The van der Waals surface area contributed by atoms with Crippen molar-refractivity contribution >= 4 is 35.4 Å². The molecule has 4 unspecified atom stereocenters. The number of hydrogen-bond acceptors (Lipinski definition) is 7. The van der Waals surface area contributed by atoms with Crippen molar-refractivity contribution in [1.29, 1.82) is 0 Å². The van der Waals surface area contributed by atoms with Gasteiger partial charge in [-0.2, -0.15) is 0 Å². The topological polar surface area (TPSA) is 165 Å². The molecule has 222 valence electrons. The van der Waals surface area contributed by atoms with Crippen LogP contribution in [0.15, 0.2) is 11.6 Å². The Bertz CT molecular complexity index is 1100. The van der Waals surface area contributed by atoms with Crippen LogP contribution in [0.25, 0.3) is 0 Å². The summed E-state index contributed by atoms with van der Waals surface area (Å²) in [7, 11) is 0. The third-order valence-electron chi connectivity index (χ3n) is 8.73. The average molecular weight is 561 g/mol. The Morgan fingerprint density at radius 2 is 1.73 bits per heavy atom. The van der Waals surface area contributed by atoms with Gasteiger partial charge in [0, 0.05) is 13.0 Å². The highest BCUT2D eigenvalue weighted by molar-refractivity contribution is 6.38. The number of ketones is 2. The molecule has 11 heteroatoms. The van der Waals surface area contributed by atoms with Gasteiger partial charge in [-0.15, -0.1) is 0 Å². The van der Waals surface area contributed by atoms with Gasteiger partial charge in [0.1, 0.15) is 23.7 Å². The molecule has 1 heterocycles. The van der Waals surface area contributed by atoms with Crippen molar-refractivity contribution in [2.45, 2.75) is 104 Å². The number of amides is 4. The van der Waals surface area contributed by atoms with E-state index >= 15 is 0 Å². The average Bonchev–Trinajstić information content (AvgIpc) is 3.15. The van der Waals surface area contributed by atoms with Crippen molar-refractivity contribution in [2.75, 3.05) is 6.54 Å². The van der Waals surface area contributed by atoms with Gasteiger partial charge in [0.05, 0.1) is 0 Å². The van der Waals surface area contributed by atoms with E-state index in [0.717, 1.165) is 6.42 Å².